The monoisotopic (exact) mass is 255 g/mol. The van der Waals surface area contributed by atoms with E-state index in [0.29, 0.717) is 0 Å². The van der Waals surface area contributed by atoms with Crippen molar-refractivity contribution in [2.24, 2.45) is 0 Å². The molecule has 48 valence electrons. The van der Waals surface area contributed by atoms with Gasteiger partial charge in [-0.1, -0.05) is 15.9 Å². The number of halogens is 3. The fourth-order valence-corrected chi connectivity index (χ4v) is 1.33. The predicted octanol–water partition coefficient (Wildman–Crippen LogP) is 2.75. The lowest BCUT2D eigenvalue weighted by molar-refractivity contribution is 0.580. The molecule has 0 radical (unpaired) electrons. The summed E-state index contributed by atoms with van der Waals surface area (Å²) in [6.45, 7) is 0. The maximum Gasteiger partial charge on any atom is 0.215 e. The van der Waals surface area contributed by atoms with Gasteiger partial charge < -0.3 is 0 Å². The van der Waals surface area contributed by atoms with Crippen LogP contribution in [0.2, 0.25) is 0 Å². The summed E-state index contributed by atoms with van der Waals surface area (Å²) in [5.41, 5.74) is 0. The Morgan fingerprint density at radius 3 is 2.89 bits per heavy atom. The third-order valence-electron chi connectivity index (χ3n) is 0.622. The zero-order chi connectivity index (χ0) is 8.59. The van der Waals surface area contributed by atoms with E-state index in [-0.39, 0.29) is 15.1 Å². The molecule has 4 heteroatoms. The summed E-state index contributed by atoms with van der Waals surface area (Å²) in [5, 5.41) is 0. The summed E-state index contributed by atoms with van der Waals surface area (Å²) in [6.07, 6.45) is 0. The van der Waals surface area contributed by atoms with E-state index in [1.807, 2.05) is 0 Å². The highest BCUT2D eigenvalue weighted by atomic mass is 79.9. The van der Waals surface area contributed by atoms with Crippen molar-refractivity contribution in [1.29, 1.82) is 0 Å². The molecule has 0 N–H and O–H groups in total. The molecular formula is C5H2Br2FN. The Balaban J connectivity index is 3.46. The standard InChI is InChI=1S/C5H2Br2FN/c6-3-1-4(7)9-5(8)2-3/h1-2H/i1D,2D. The fourth-order valence-electron chi connectivity index (χ4n) is 0.354. The van der Waals surface area contributed by atoms with Crippen LogP contribution in [0.15, 0.2) is 21.2 Å². The number of pyridine rings is 1. The third kappa shape index (κ3) is 2.02. The topological polar surface area (TPSA) is 12.9 Å². The molecule has 1 rings (SSSR count). The molecule has 0 spiro atoms. The van der Waals surface area contributed by atoms with Gasteiger partial charge in [0.25, 0.3) is 0 Å². The van der Waals surface area contributed by atoms with E-state index in [0.717, 1.165) is 0 Å². The molecule has 1 nitrogen and oxygen atoms in total. The van der Waals surface area contributed by atoms with Crippen molar-refractivity contribution < 1.29 is 7.13 Å². The Kier molecular flexibility index (Phi) is 1.46. The number of hydrogen-bond acceptors (Lipinski definition) is 1. The van der Waals surface area contributed by atoms with Gasteiger partial charge in [-0.05, 0) is 22.0 Å². The molecular weight excluding hydrogens is 253 g/mol. The Bertz CT molecular complexity index is 279. The van der Waals surface area contributed by atoms with Gasteiger partial charge in [0.1, 0.15) is 4.60 Å². The zero-order valence-electron chi connectivity index (χ0n) is 6.08. The molecule has 0 aliphatic carbocycles. The SMILES string of the molecule is [2H]c1c(F)nc(Br)c([2H])c1Br. The van der Waals surface area contributed by atoms with Crippen LogP contribution in [0, 0.1) is 5.95 Å². The molecule has 0 saturated carbocycles. The van der Waals surface area contributed by atoms with Crippen LogP contribution in [-0.2, 0) is 0 Å². The van der Waals surface area contributed by atoms with Gasteiger partial charge in [0.05, 0.1) is 2.74 Å². The van der Waals surface area contributed by atoms with Crippen LogP contribution in [0.5, 0.6) is 0 Å². The molecule has 1 aromatic rings. The van der Waals surface area contributed by atoms with Crippen molar-refractivity contribution in [2.75, 3.05) is 0 Å². The maximum absolute atomic E-state index is 12.6. The summed E-state index contributed by atoms with van der Waals surface area (Å²) in [7, 11) is 0. The Hall–Kier alpha value is 0.0400. The predicted molar refractivity (Wildman–Crippen MR) is 39.6 cm³/mol. The minimum Gasteiger partial charge on any atom is -0.213 e. The molecule has 0 fully saturated rings. The van der Waals surface area contributed by atoms with Gasteiger partial charge in [0.2, 0.25) is 5.95 Å². The van der Waals surface area contributed by atoms with Crippen molar-refractivity contribution in [3.63, 3.8) is 0 Å². The van der Waals surface area contributed by atoms with E-state index in [2.05, 4.69) is 36.8 Å². The second-order valence-corrected chi connectivity index (χ2v) is 2.80. The second kappa shape index (κ2) is 2.75. The van der Waals surface area contributed by atoms with Crippen LogP contribution in [0.4, 0.5) is 4.39 Å². The van der Waals surface area contributed by atoms with Crippen LogP contribution in [0.3, 0.4) is 0 Å². The Labute approximate surface area is 71.4 Å². The lowest BCUT2D eigenvalue weighted by atomic mass is 10.5. The molecule has 0 aromatic carbocycles. The number of hydrogen-bond donors (Lipinski definition) is 0. The van der Waals surface area contributed by atoms with E-state index in [1.165, 1.54) is 0 Å². The number of nitrogens with zero attached hydrogens (tertiary/aromatic N) is 1. The average molecular weight is 257 g/mol. The number of aromatic nitrogens is 1. The van der Waals surface area contributed by atoms with Crippen molar-refractivity contribution in [3.05, 3.63) is 27.1 Å². The molecule has 0 unspecified atom stereocenters. The average Bonchev–Trinajstić information content (AvgIpc) is 1.97. The van der Waals surface area contributed by atoms with Gasteiger partial charge in [-0.15, -0.1) is 0 Å². The van der Waals surface area contributed by atoms with Crippen LogP contribution in [0.25, 0.3) is 0 Å². The first kappa shape index (κ1) is 4.79. The first-order valence-electron chi connectivity index (χ1n) is 3.01. The maximum atomic E-state index is 12.6. The highest BCUT2D eigenvalue weighted by Crippen LogP contribution is 2.15. The van der Waals surface area contributed by atoms with Gasteiger partial charge in [0, 0.05) is 10.5 Å². The molecule has 0 bridgehead atoms. The van der Waals surface area contributed by atoms with E-state index in [1.54, 1.807) is 0 Å². The summed E-state index contributed by atoms with van der Waals surface area (Å²) >= 11 is 5.77. The van der Waals surface area contributed by atoms with Crippen molar-refractivity contribution in [1.82, 2.24) is 4.98 Å². The van der Waals surface area contributed by atoms with Gasteiger partial charge in [-0.2, -0.15) is 4.39 Å². The molecule has 9 heavy (non-hydrogen) atoms. The van der Waals surface area contributed by atoms with Crippen LogP contribution in [0.1, 0.15) is 2.74 Å². The molecule has 0 aliphatic rings. The summed E-state index contributed by atoms with van der Waals surface area (Å²) in [6, 6.07) is -0.408. The Morgan fingerprint density at radius 1 is 1.56 bits per heavy atom. The van der Waals surface area contributed by atoms with Crippen LogP contribution in [-0.4, -0.2) is 4.98 Å². The van der Waals surface area contributed by atoms with Gasteiger partial charge in [-0.25, -0.2) is 4.98 Å². The van der Waals surface area contributed by atoms with Crippen LogP contribution >= 0.6 is 31.9 Å². The molecule has 0 atom stereocenters. The van der Waals surface area contributed by atoms with Crippen molar-refractivity contribution >= 4 is 31.9 Å². The van der Waals surface area contributed by atoms with E-state index in [4.69, 9.17) is 2.74 Å². The van der Waals surface area contributed by atoms with Crippen molar-refractivity contribution in [3.8, 4) is 0 Å². The van der Waals surface area contributed by atoms with Gasteiger partial charge >= 0.3 is 0 Å². The van der Waals surface area contributed by atoms with Gasteiger partial charge in [0.15, 0.2) is 0 Å². The minimum absolute atomic E-state index is 0.0172. The zero-order valence-corrected chi connectivity index (χ0v) is 7.25. The normalized spacial score (nSPS) is 12.8. The largest absolute Gasteiger partial charge is 0.215 e. The smallest absolute Gasteiger partial charge is 0.213 e. The number of rotatable bonds is 0. The van der Waals surface area contributed by atoms with E-state index >= 15 is 0 Å². The van der Waals surface area contributed by atoms with Crippen LogP contribution < -0.4 is 0 Å². The quantitative estimate of drug-likeness (QED) is 0.651. The minimum atomic E-state index is -0.889. The molecule has 0 amide bonds. The molecule has 0 aliphatic heterocycles. The first-order valence-corrected chi connectivity index (χ1v) is 3.60. The summed E-state index contributed by atoms with van der Waals surface area (Å²) in [4.78, 5) is 3.28. The van der Waals surface area contributed by atoms with E-state index < -0.39 is 12.0 Å². The van der Waals surface area contributed by atoms with Gasteiger partial charge in [-0.3, -0.25) is 0 Å². The molecule has 1 aromatic heterocycles. The van der Waals surface area contributed by atoms with Crippen molar-refractivity contribution in [2.45, 2.75) is 0 Å². The van der Waals surface area contributed by atoms with E-state index in [9.17, 15) is 4.39 Å². The lowest BCUT2D eigenvalue weighted by Gasteiger charge is -1.90. The highest BCUT2D eigenvalue weighted by molar-refractivity contribution is 9.11. The molecule has 0 saturated heterocycles. The fraction of sp³-hybridized carbons (Fsp3) is 0. The summed E-state index contributed by atoms with van der Waals surface area (Å²) in [5.74, 6) is -0.889. The summed E-state index contributed by atoms with van der Waals surface area (Å²) < 4.78 is 27.1. The highest BCUT2D eigenvalue weighted by Gasteiger charge is 1.94. The Morgan fingerprint density at radius 2 is 2.22 bits per heavy atom. The second-order valence-electron chi connectivity index (χ2n) is 1.26. The lowest BCUT2D eigenvalue weighted by Crippen LogP contribution is -1.81. The third-order valence-corrected chi connectivity index (χ3v) is 1.39. The molecule has 1 heterocycles. The first-order chi connectivity index (χ1) is 5.04.